The van der Waals surface area contributed by atoms with E-state index in [0.717, 1.165) is 17.2 Å². The molecule has 3 aromatic rings. The number of fused-ring (bicyclic) bond motifs is 1. The zero-order valence-electron chi connectivity index (χ0n) is 16.7. The summed E-state index contributed by atoms with van der Waals surface area (Å²) < 4.78 is 68.7. The van der Waals surface area contributed by atoms with Gasteiger partial charge in [0.05, 0.1) is 15.5 Å². The minimum absolute atomic E-state index is 0.186. The molecule has 3 aromatic carbocycles. The van der Waals surface area contributed by atoms with Crippen LogP contribution in [0, 0.1) is 12.7 Å². The first-order valence-corrected chi connectivity index (χ1v) is 12.6. The number of anilines is 2. The standard InChI is InChI=1S/C22H21FN2O4S2/c1-16-7-10-20(11-8-16)31(28,29)25-13-3-4-17-14-19(9-12-22(17)25)24-30(26,27)21-6-2-5-18(23)15-21/h2,5-12,14-15,24H,3-4,13H2,1H3. The van der Waals surface area contributed by atoms with E-state index in [1.165, 1.54) is 28.6 Å². The number of benzene rings is 3. The van der Waals surface area contributed by atoms with Crippen LogP contribution in [0.15, 0.2) is 76.5 Å². The number of aryl methyl sites for hydroxylation is 2. The van der Waals surface area contributed by atoms with Crippen molar-refractivity contribution in [2.24, 2.45) is 0 Å². The van der Waals surface area contributed by atoms with Crippen molar-refractivity contribution >= 4 is 31.4 Å². The van der Waals surface area contributed by atoms with Crippen molar-refractivity contribution in [3.05, 3.63) is 83.7 Å². The largest absolute Gasteiger partial charge is 0.280 e. The van der Waals surface area contributed by atoms with Crippen molar-refractivity contribution in [2.45, 2.75) is 29.6 Å². The van der Waals surface area contributed by atoms with E-state index in [1.807, 2.05) is 6.92 Å². The van der Waals surface area contributed by atoms with Crippen LogP contribution in [0.4, 0.5) is 15.8 Å². The molecule has 1 N–H and O–H groups in total. The maximum Gasteiger partial charge on any atom is 0.264 e. The summed E-state index contributed by atoms with van der Waals surface area (Å²) in [6.07, 6.45) is 1.23. The maximum absolute atomic E-state index is 13.4. The van der Waals surface area contributed by atoms with Gasteiger partial charge < -0.3 is 0 Å². The lowest BCUT2D eigenvalue weighted by Gasteiger charge is -2.31. The zero-order chi connectivity index (χ0) is 22.2. The van der Waals surface area contributed by atoms with E-state index < -0.39 is 25.9 Å². The van der Waals surface area contributed by atoms with Crippen LogP contribution in [-0.2, 0) is 26.5 Å². The van der Waals surface area contributed by atoms with Gasteiger partial charge in [-0.1, -0.05) is 23.8 Å². The molecule has 6 nitrogen and oxygen atoms in total. The summed E-state index contributed by atoms with van der Waals surface area (Å²) in [5.41, 5.74) is 2.51. The molecule has 1 heterocycles. The lowest BCUT2D eigenvalue weighted by Crippen LogP contribution is -2.35. The van der Waals surface area contributed by atoms with Crippen molar-refractivity contribution in [3.63, 3.8) is 0 Å². The first-order chi connectivity index (χ1) is 14.7. The molecule has 0 radical (unpaired) electrons. The monoisotopic (exact) mass is 460 g/mol. The quantitative estimate of drug-likeness (QED) is 0.622. The smallest absolute Gasteiger partial charge is 0.264 e. The topological polar surface area (TPSA) is 83.6 Å². The Bertz CT molecular complexity index is 1340. The normalized spacial score (nSPS) is 14.2. The first kappa shape index (κ1) is 21.3. The molecular weight excluding hydrogens is 439 g/mol. The molecule has 0 unspecified atom stereocenters. The number of nitrogens with zero attached hydrogens (tertiary/aromatic N) is 1. The summed E-state index contributed by atoms with van der Waals surface area (Å²) in [5.74, 6) is -0.648. The number of halogens is 1. The maximum atomic E-state index is 13.4. The summed E-state index contributed by atoms with van der Waals surface area (Å²) in [4.78, 5) is 0.0237. The summed E-state index contributed by atoms with van der Waals surface area (Å²) in [5, 5.41) is 0. The van der Waals surface area contributed by atoms with Gasteiger partial charge in [-0.15, -0.1) is 0 Å². The van der Waals surface area contributed by atoms with Crippen molar-refractivity contribution in [1.82, 2.24) is 0 Å². The molecule has 0 saturated heterocycles. The van der Waals surface area contributed by atoms with Gasteiger partial charge in [-0.25, -0.2) is 21.2 Å². The second-order valence-electron chi connectivity index (χ2n) is 7.40. The minimum Gasteiger partial charge on any atom is -0.280 e. The Kier molecular flexibility index (Phi) is 5.49. The van der Waals surface area contributed by atoms with Crippen molar-refractivity contribution in [1.29, 1.82) is 0 Å². The fraction of sp³-hybridized carbons (Fsp3) is 0.182. The number of rotatable bonds is 5. The van der Waals surface area contributed by atoms with E-state index in [0.29, 0.717) is 25.1 Å². The van der Waals surface area contributed by atoms with Gasteiger partial charge in [-0.05, 0) is 73.9 Å². The molecule has 0 aromatic heterocycles. The first-order valence-electron chi connectivity index (χ1n) is 9.67. The highest BCUT2D eigenvalue weighted by Gasteiger charge is 2.29. The summed E-state index contributed by atoms with van der Waals surface area (Å²) in [6, 6.07) is 16.2. The van der Waals surface area contributed by atoms with Gasteiger partial charge in [0.2, 0.25) is 0 Å². The van der Waals surface area contributed by atoms with E-state index in [4.69, 9.17) is 0 Å². The lowest BCUT2D eigenvalue weighted by molar-refractivity contribution is 0.586. The average Bonchev–Trinajstić information content (AvgIpc) is 2.73. The van der Waals surface area contributed by atoms with Crippen LogP contribution in [0.2, 0.25) is 0 Å². The number of nitrogens with one attached hydrogen (secondary N) is 1. The van der Waals surface area contributed by atoms with Crippen LogP contribution in [0.25, 0.3) is 0 Å². The third kappa shape index (κ3) is 4.28. The summed E-state index contributed by atoms with van der Waals surface area (Å²) in [7, 11) is -7.71. The molecule has 0 atom stereocenters. The Balaban J connectivity index is 1.65. The van der Waals surface area contributed by atoms with Gasteiger partial charge >= 0.3 is 0 Å². The predicted molar refractivity (Wildman–Crippen MR) is 118 cm³/mol. The van der Waals surface area contributed by atoms with E-state index in [1.54, 1.807) is 36.4 Å². The van der Waals surface area contributed by atoms with E-state index >= 15 is 0 Å². The fourth-order valence-electron chi connectivity index (χ4n) is 3.56. The Morgan fingerprint density at radius 2 is 1.65 bits per heavy atom. The summed E-state index contributed by atoms with van der Waals surface area (Å²) >= 11 is 0. The zero-order valence-corrected chi connectivity index (χ0v) is 18.4. The predicted octanol–water partition coefficient (Wildman–Crippen LogP) is 4.08. The highest BCUT2D eigenvalue weighted by molar-refractivity contribution is 7.93. The number of sulfonamides is 2. The second-order valence-corrected chi connectivity index (χ2v) is 10.9. The Morgan fingerprint density at radius 1 is 0.903 bits per heavy atom. The van der Waals surface area contributed by atoms with Gasteiger partial charge in [0.25, 0.3) is 20.0 Å². The molecule has 0 fully saturated rings. The van der Waals surface area contributed by atoms with Gasteiger partial charge in [-0.2, -0.15) is 0 Å². The Labute approximate surface area is 181 Å². The highest BCUT2D eigenvalue weighted by atomic mass is 32.2. The van der Waals surface area contributed by atoms with Crippen molar-refractivity contribution < 1.29 is 21.2 Å². The molecule has 31 heavy (non-hydrogen) atoms. The molecular formula is C22H21FN2O4S2. The summed E-state index contributed by atoms with van der Waals surface area (Å²) in [6.45, 7) is 2.23. The van der Waals surface area contributed by atoms with E-state index in [9.17, 15) is 21.2 Å². The van der Waals surface area contributed by atoms with Gasteiger partial charge in [-0.3, -0.25) is 9.03 Å². The van der Waals surface area contributed by atoms with Crippen molar-refractivity contribution in [2.75, 3.05) is 15.6 Å². The molecule has 0 bridgehead atoms. The van der Waals surface area contributed by atoms with Crippen LogP contribution >= 0.6 is 0 Å². The molecule has 1 aliphatic rings. The molecule has 162 valence electrons. The highest BCUT2D eigenvalue weighted by Crippen LogP contribution is 2.34. The molecule has 0 spiro atoms. The number of hydrogen-bond acceptors (Lipinski definition) is 4. The average molecular weight is 461 g/mol. The molecule has 0 amide bonds. The minimum atomic E-state index is -3.97. The van der Waals surface area contributed by atoms with Crippen LogP contribution in [0.1, 0.15) is 17.5 Å². The third-order valence-corrected chi connectivity index (χ3v) is 8.33. The van der Waals surface area contributed by atoms with Crippen LogP contribution in [0.5, 0.6) is 0 Å². The lowest BCUT2D eigenvalue weighted by atomic mass is 10.0. The second kappa shape index (κ2) is 7.97. The van der Waals surface area contributed by atoms with Gasteiger partial charge in [0.1, 0.15) is 5.82 Å². The van der Waals surface area contributed by atoms with E-state index in [2.05, 4.69) is 4.72 Å². The van der Waals surface area contributed by atoms with E-state index in [-0.39, 0.29) is 15.5 Å². The molecule has 0 saturated carbocycles. The van der Waals surface area contributed by atoms with Crippen LogP contribution in [0.3, 0.4) is 0 Å². The molecule has 9 heteroatoms. The Morgan fingerprint density at radius 3 is 2.35 bits per heavy atom. The third-order valence-electron chi connectivity index (χ3n) is 5.12. The van der Waals surface area contributed by atoms with Crippen molar-refractivity contribution in [3.8, 4) is 0 Å². The molecule has 1 aliphatic heterocycles. The fourth-order valence-corrected chi connectivity index (χ4v) is 6.18. The van der Waals surface area contributed by atoms with Gasteiger partial charge in [0.15, 0.2) is 0 Å². The van der Waals surface area contributed by atoms with Gasteiger partial charge in [0, 0.05) is 12.2 Å². The van der Waals surface area contributed by atoms with Crippen LogP contribution in [-0.4, -0.2) is 23.4 Å². The van der Waals surface area contributed by atoms with Crippen LogP contribution < -0.4 is 9.03 Å². The Hall–Kier alpha value is -2.91. The molecule has 0 aliphatic carbocycles. The molecule has 4 rings (SSSR count). The number of hydrogen-bond donors (Lipinski definition) is 1. The SMILES string of the molecule is Cc1ccc(S(=O)(=O)N2CCCc3cc(NS(=O)(=O)c4cccc(F)c4)ccc32)cc1.